The maximum absolute atomic E-state index is 4.25. The van der Waals surface area contributed by atoms with E-state index in [1.54, 1.807) is 0 Å². The summed E-state index contributed by atoms with van der Waals surface area (Å²) in [5.74, 6) is 1.67. The molecule has 0 amide bonds. The van der Waals surface area contributed by atoms with Crippen molar-refractivity contribution in [2.75, 3.05) is 34.2 Å². The van der Waals surface area contributed by atoms with Crippen LogP contribution in [-0.4, -0.2) is 50.6 Å². The summed E-state index contributed by atoms with van der Waals surface area (Å²) in [5, 5.41) is 6.69. The smallest absolute Gasteiger partial charge is 0.191 e. The Morgan fingerprint density at radius 1 is 1.47 bits per heavy atom. The minimum absolute atomic E-state index is 0.253. The van der Waals surface area contributed by atoms with Crippen molar-refractivity contribution in [1.29, 1.82) is 0 Å². The van der Waals surface area contributed by atoms with Crippen LogP contribution >= 0.6 is 0 Å². The first kappa shape index (κ1) is 16.0. The molecule has 19 heavy (non-hydrogen) atoms. The molecule has 0 heterocycles. The lowest BCUT2D eigenvalue weighted by Crippen LogP contribution is -2.56. The van der Waals surface area contributed by atoms with Crippen LogP contribution in [0.25, 0.3) is 0 Å². The molecule has 0 spiro atoms. The molecule has 4 nitrogen and oxygen atoms in total. The first-order valence-electron chi connectivity index (χ1n) is 7.27. The Bertz CT molecular complexity index is 311. The maximum atomic E-state index is 4.25. The number of hydrogen-bond donors (Lipinski definition) is 2. The van der Waals surface area contributed by atoms with Gasteiger partial charge in [0.15, 0.2) is 5.96 Å². The molecule has 0 aliphatic heterocycles. The van der Waals surface area contributed by atoms with Gasteiger partial charge in [-0.1, -0.05) is 25.8 Å². The van der Waals surface area contributed by atoms with E-state index in [2.05, 4.69) is 48.1 Å². The van der Waals surface area contributed by atoms with E-state index in [0.29, 0.717) is 0 Å². The van der Waals surface area contributed by atoms with Gasteiger partial charge >= 0.3 is 0 Å². The molecule has 1 rings (SSSR count). The molecule has 0 aromatic heterocycles. The molecule has 1 fully saturated rings. The molecule has 0 radical (unpaired) electrons. The standard InChI is InChI=1S/C15H30N4/c1-6-10-17-14(16-3)18-12-15(19(4)5)9-7-8-13(2)11-15/h6,13H,1,7-12H2,2-5H3,(H2,16,17,18). The van der Waals surface area contributed by atoms with Gasteiger partial charge in [-0.15, -0.1) is 6.58 Å². The van der Waals surface area contributed by atoms with E-state index in [0.717, 1.165) is 25.0 Å². The molecule has 2 unspecified atom stereocenters. The van der Waals surface area contributed by atoms with Gasteiger partial charge in [-0.05, 0) is 32.9 Å². The Morgan fingerprint density at radius 2 is 2.21 bits per heavy atom. The Labute approximate surface area is 118 Å². The van der Waals surface area contributed by atoms with Gasteiger partial charge in [0.25, 0.3) is 0 Å². The third-order valence-corrected chi connectivity index (χ3v) is 4.24. The topological polar surface area (TPSA) is 39.7 Å². The zero-order chi connectivity index (χ0) is 14.3. The first-order valence-corrected chi connectivity index (χ1v) is 7.27. The fourth-order valence-electron chi connectivity index (χ4n) is 2.99. The van der Waals surface area contributed by atoms with Crippen LogP contribution in [0, 0.1) is 5.92 Å². The van der Waals surface area contributed by atoms with Gasteiger partial charge in [-0.3, -0.25) is 4.99 Å². The van der Waals surface area contributed by atoms with E-state index >= 15 is 0 Å². The Balaban J connectivity index is 2.61. The average molecular weight is 266 g/mol. The highest BCUT2D eigenvalue weighted by Gasteiger charge is 2.36. The quantitative estimate of drug-likeness (QED) is 0.453. The highest BCUT2D eigenvalue weighted by atomic mass is 15.2. The summed E-state index contributed by atoms with van der Waals surface area (Å²) in [4.78, 5) is 6.63. The highest BCUT2D eigenvalue weighted by molar-refractivity contribution is 5.79. The van der Waals surface area contributed by atoms with Crippen molar-refractivity contribution in [3.8, 4) is 0 Å². The van der Waals surface area contributed by atoms with E-state index in [9.17, 15) is 0 Å². The minimum atomic E-state index is 0.253. The van der Waals surface area contributed by atoms with E-state index in [-0.39, 0.29) is 5.54 Å². The Morgan fingerprint density at radius 3 is 2.74 bits per heavy atom. The van der Waals surface area contributed by atoms with Crippen LogP contribution in [0.5, 0.6) is 0 Å². The van der Waals surface area contributed by atoms with Crippen LogP contribution in [-0.2, 0) is 0 Å². The van der Waals surface area contributed by atoms with Crippen LogP contribution in [0.1, 0.15) is 32.6 Å². The monoisotopic (exact) mass is 266 g/mol. The van der Waals surface area contributed by atoms with Gasteiger partial charge in [-0.2, -0.15) is 0 Å². The van der Waals surface area contributed by atoms with Crippen molar-refractivity contribution < 1.29 is 0 Å². The van der Waals surface area contributed by atoms with Crippen LogP contribution in [0.2, 0.25) is 0 Å². The van der Waals surface area contributed by atoms with Crippen LogP contribution in [0.3, 0.4) is 0 Å². The lowest BCUT2D eigenvalue weighted by Gasteiger charge is -2.45. The average Bonchev–Trinajstić information content (AvgIpc) is 2.39. The molecule has 0 aromatic carbocycles. The second kappa shape index (κ2) is 7.53. The van der Waals surface area contributed by atoms with E-state index < -0.39 is 0 Å². The summed E-state index contributed by atoms with van der Waals surface area (Å²) in [6.07, 6.45) is 7.04. The van der Waals surface area contributed by atoms with Gasteiger partial charge in [0.05, 0.1) is 0 Å². The fraction of sp³-hybridized carbons (Fsp3) is 0.800. The molecule has 0 aromatic rings. The summed E-state index contributed by atoms with van der Waals surface area (Å²) < 4.78 is 0. The fourth-order valence-corrected chi connectivity index (χ4v) is 2.99. The Hall–Kier alpha value is -1.03. The number of likely N-dealkylation sites (N-methyl/N-ethyl adjacent to an activating group) is 1. The van der Waals surface area contributed by atoms with Gasteiger partial charge in [-0.25, -0.2) is 0 Å². The molecule has 1 aliphatic rings. The zero-order valence-corrected chi connectivity index (χ0v) is 13.0. The normalized spacial score (nSPS) is 28.3. The molecule has 2 atom stereocenters. The molecule has 1 aliphatic carbocycles. The van der Waals surface area contributed by atoms with E-state index in [4.69, 9.17) is 0 Å². The number of hydrogen-bond acceptors (Lipinski definition) is 2. The first-order chi connectivity index (χ1) is 9.04. The van der Waals surface area contributed by atoms with Crippen molar-refractivity contribution in [2.45, 2.75) is 38.1 Å². The van der Waals surface area contributed by atoms with Crippen LogP contribution in [0.15, 0.2) is 17.6 Å². The molecule has 2 N–H and O–H groups in total. The summed E-state index contributed by atoms with van der Waals surface area (Å²) in [6, 6.07) is 0. The van der Waals surface area contributed by atoms with E-state index in [1.807, 2.05) is 13.1 Å². The summed E-state index contributed by atoms with van der Waals surface area (Å²) in [5.41, 5.74) is 0.253. The predicted molar refractivity (Wildman–Crippen MR) is 83.6 cm³/mol. The molecule has 0 saturated heterocycles. The van der Waals surface area contributed by atoms with E-state index in [1.165, 1.54) is 25.7 Å². The third kappa shape index (κ3) is 4.53. The Kier molecular flexibility index (Phi) is 6.35. The summed E-state index contributed by atoms with van der Waals surface area (Å²) in [6.45, 7) is 7.77. The number of guanidine groups is 1. The highest BCUT2D eigenvalue weighted by Crippen LogP contribution is 2.35. The minimum Gasteiger partial charge on any atom is -0.355 e. The SMILES string of the molecule is C=CCNC(=NC)NCC1(N(C)C)CCCC(C)C1. The largest absolute Gasteiger partial charge is 0.355 e. The predicted octanol–water partition coefficient (Wildman–Crippen LogP) is 1.85. The number of aliphatic imine (C=N–C) groups is 1. The van der Waals surface area contributed by atoms with Crippen molar-refractivity contribution in [3.63, 3.8) is 0 Å². The molecule has 4 heteroatoms. The van der Waals surface area contributed by atoms with Crippen molar-refractivity contribution in [1.82, 2.24) is 15.5 Å². The third-order valence-electron chi connectivity index (χ3n) is 4.24. The molecular formula is C15H30N4. The second-order valence-corrected chi connectivity index (χ2v) is 5.92. The lowest BCUT2D eigenvalue weighted by atomic mass is 9.75. The summed E-state index contributed by atoms with van der Waals surface area (Å²) in [7, 11) is 6.20. The maximum Gasteiger partial charge on any atom is 0.191 e. The van der Waals surface area contributed by atoms with Crippen molar-refractivity contribution in [3.05, 3.63) is 12.7 Å². The molecule has 1 saturated carbocycles. The molecule has 0 bridgehead atoms. The van der Waals surface area contributed by atoms with Gasteiger partial charge in [0, 0.05) is 25.7 Å². The number of rotatable bonds is 5. The molecular weight excluding hydrogens is 236 g/mol. The van der Waals surface area contributed by atoms with Gasteiger partial charge in [0.1, 0.15) is 0 Å². The van der Waals surface area contributed by atoms with Crippen LogP contribution in [0.4, 0.5) is 0 Å². The molecule has 110 valence electrons. The van der Waals surface area contributed by atoms with Crippen LogP contribution < -0.4 is 10.6 Å². The van der Waals surface area contributed by atoms with Gasteiger partial charge < -0.3 is 15.5 Å². The second-order valence-electron chi connectivity index (χ2n) is 5.92. The van der Waals surface area contributed by atoms with Crippen molar-refractivity contribution >= 4 is 5.96 Å². The number of nitrogens with zero attached hydrogens (tertiary/aromatic N) is 2. The summed E-state index contributed by atoms with van der Waals surface area (Å²) >= 11 is 0. The van der Waals surface area contributed by atoms with Gasteiger partial charge in [0.2, 0.25) is 0 Å². The lowest BCUT2D eigenvalue weighted by molar-refractivity contribution is 0.0796. The van der Waals surface area contributed by atoms with Crippen molar-refractivity contribution in [2.24, 2.45) is 10.9 Å². The number of nitrogens with one attached hydrogen (secondary N) is 2. The zero-order valence-electron chi connectivity index (χ0n) is 13.0.